The minimum absolute atomic E-state index is 0.0957. The average Bonchev–Trinajstić information content (AvgIpc) is 2.46. The first-order valence-corrected chi connectivity index (χ1v) is 6.78. The highest BCUT2D eigenvalue weighted by Crippen LogP contribution is 2.25. The molecule has 0 fully saturated rings. The molecule has 0 bridgehead atoms. The molecule has 3 nitrogen and oxygen atoms in total. The van der Waals surface area contributed by atoms with Gasteiger partial charge in [-0.2, -0.15) is 0 Å². The summed E-state index contributed by atoms with van der Waals surface area (Å²) in [6.07, 6.45) is 0. The average molecular weight is 341 g/mol. The second-order valence-corrected chi connectivity index (χ2v) is 5.07. The van der Waals surface area contributed by atoms with Gasteiger partial charge < -0.3 is 14.6 Å². The smallest absolute Gasteiger partial charge is 0.130 e. The van der Waals surface area contributed by atoms with Gasteiger partial charge in [0.25, 0.3) is 0 Å². The van der Waals surface area contributed by atoms with Crippen molar-refractivity contribution in [1.29, 1.82) is 0 Å². The third-order valence-electron chi connectivity index (χ3n) is 2.84. The molecule has 0 radical (unpaired) electrons. The zero-order chi connectivity index (χ0) is 14.5. The monoisotopic (exact) mass is 340 g/mol. The van der Waals surface area contributed by atoms with Crippen LogP contribution in [0.3, 0.4) is 0 Å². The van der Waals surface area contributed by atoms with E-state index in [1.165, 1.54) is 6.07 Å². The Bertz CT molecular complexity index is 602. The fourth-order valence-corrected chi connectivity index (χ4v) is 2.07. The summed E-state index contributed by atoms with van der Waals surface area (Å²) in [5.74, 6) is 0.810. The van der Waals surface area contributed by atoms with Gasteiger partial charge in [0.15, 0.2) is 0 Å². The summed E-state index contributed by atoms with van der Waals surface area (Å²) in [5, 5.41) is 9.31. The minimum Gasteiger partial charge on any atom is -0.497 e. The van der Waals surface area contributed by atoms with Crippen LogP contribution in [0.5, 0.6) is 11.5 Å². The highest BCUT2D eigenvalue weighted by atomic mass is 79.9. The van der Waals surface area contributed by atoms with Crippen molar-refractivity contribution in [1.82, 2.24) is 0 Å². The van der Waals surface area contributed by atoms with Crippen molar-refractivity contribution in [2.24, 2.45) is 0 Å². The highest BCUT2D eigenvalue weighted by Gasteiger charge is 2.08. The van der Waals surface area contributed by atoms with Crippen LogP contribution in [0.25, 0.3) is 0 Å². The molecule has 0 aromatic heterocycles. The SMILES string of the molecule is COc1ccc(OCc2ccc(Br)cc2F)c(CO)c1. The first-order chi connectivity index (χ1) is 9.63. The van der Waals surface area contributed by atoms with Crippen molar-refractivity contribution >= 4 is 15.9 Å². The zero-order valence-corrected chi connectivity index (χ0v) is 12.5. The standard InChI is InChI=1S/C15H14BrFO3/c1-19-13-4-5-15(11(6-13)8-18)20-9-10-2-3-12(16)7-14(10)17/h2-7,18H,8-9H2,1H3. The van der Waals surface area contributed by atoms with Crippen LogP contribution in [0.4, 0.5) is 4.39 Å². The third kappa shape index (κ3) is 3.49. The molecule has 0 unspecified atom stereocenters. The molecular formula is C15H14BrFO3. The molecule has 5 heteroatoms. The number of ether oxygens (including phenoxy) is 2. The fraction of sp³-hybridized carbons (Fsp3) is 0.200. The number of aliphatic hydroxyl groups excluding tert-OH is 1. The van der Waals surface area contributed by atoms with Gasteiger partial charge in [-0.15, -0.1) is 0 Å². The molecule has 0 spiro atoms. The molecule has 0 aliphatic rings. The van der Waals surface area contributed by atoms with E-state index in [0.29, 0.717) is 27.1 Å². The first-order valence-electron chi connectivity index (χ1n) is 5.98. The molecule has 106 valence electrons. The zero-order valence-electron chi connectivity index (χ0n) is 10.9. The number of benzene rings is 2. The van der Waals surface area contributed by atoms with Crippen LogP contribution in [0.15, 0.2) is 40.9 Å². The summed E-state index contributed by atoms with van der Waals surface area (Å²) < 4.78 is 25.0. The fourth-order valence-electron chi connectivity index (χ4n) is 1.74. The summed E-state index contributed by atoms with van der Waals surface area (Å²) in [4.78, 5) is 0. The van der Waals surface area contributed by atoms with Crippen molar-refractivity contribution in [3.8, 4) is 11.5 Å². The molecule has 0 atom stereocenters. The van der Waals surface area contributed by atoms with Crippen molar-refractivity contribution in [2.45, 2.75) is 13.2 Å². The quantitative estimate of drug-likeness (QED) is 0.902. The maximum absolute atomic E-state index is 13.7. The number of rotatable bonds is 5. The topological polar surface area (TPSA) is 38.7 Å². The molecular weight excluding hydrogens is 327 g/mol. The Hall–Kier alpha value is -1.59. The van der Waals surface area contributed by atoms with Crippen LogP contribution in [-0.2, 0) is 13.2 Å². The van der Waals surface area contributed by atoms with Gasteiger partial charge in [-0.1, -0.05) is 22.0 Å². The molecule has 2 aromatic carbocycles. The lowest BCUT2D eigenvalue weighted by atomic mass is 10.2. The van der Waals surface area contributed by atoms with Gasteiger partial charge in [0.05, 0.1) is 13.7 Å². The predicted octanol–water partition coefficient (Wildman–Crippen LogP) is 3.67. The van der Waals surface area contributed by atoms with E-state index in [1.807, 2.05) is 0 Å². The lowest BCUT2D eigenvalue weighted by Crippen LogP contribution is -2.01. The first kappa shape index (κ1) is 14.8. The van der Waals surface area contributed by atoms with Gasteiger partial charge >= 0.3 is 0 Å². The largest absolute Gasteiger partial charge is 0.497 e. The molecule has 0 aliphatic carbocycles. The molecule has 0 amide bonds. The summed E-state index contributed by atoms with van der Waals surface area (Å²) in [6.45, 7) is -0.0756. The van der Waals surface area contributed by atoms with Crippen molar-refractivity contribution in [3.05, 3.63) is 57.8 Å². The van der Waals surface area contributed by atoms with Gasteiger partial charge in [0.2, 0.25) is 0 Å². The van der Waals surface area contributed by atoms with Crippen molar-refractivity contribution in [2.75, 3.05) is 7.11 Å². The maximum atomic E-state index is 13.7. The van der Waals surface area contributed by atoms with Gasteiger partial charge in [-0.3, -0.25) is 0 Å². The molecule has 0 saturated heterocycles. The Morgan fingerprint density at radius 3 is 2.60 bits per heavy atom. The molecule has 2 aromatic rings. The number of aliphatic hydroxyl groups is 1. The number of hydrogen-bond donors (Lipinski definition) is 1. The summed E-state index contributed by atoms with van der Waals surface area (Å²) in [6, 6.07) is 9.91. The Balaban J connectivity index is 2.14. The normalized spacial score (nSPS) is 10.4. The predicted molar refractivity (Wildman–Crippen MR) is 77.3 cm³/mol. The molecule has 0 heterocycles. The van der Waals surface area contributed by atoms with E-state index in [1.54, 1.807) is 37.4 Å². The number of halogens is 2. The van der Waals surface area contributed by atoms with Gasteiger partial charge in [-0.25, -0.2) is 4.39 Å². The molecule has 0 saturated carbocycles. The Morgan fingerprint density at radius 1 is 1.15 bits per heavy atom. The number of methoxy groups -OCH3 is 1. The number of hydrogen-bond acceptors (Lipinski definition) is 3. The maximum Gasteiger partial charge on any atom is 0.130 e. The van der Waals surface area contributed by atoms with E-state index in [9.17, 15) is 9.50 Å². The van der Waals surface area contributed by atoms with Crippen LogP contribution in [0, 0.1) is 5.82 Å². The molecule has 20 heavy (non-hydrogen) atoms. The van der Waals surface area contributed by atoms with Crippen LogP contribution in [0.1, 0.15) is 11.1 Å². The van der Waals surface area contributed by atoms with Crippen molar-refractivity contribution < 1.29 is 19.0 Å². The van der Waals surface area contributed by atoms with Gasteiger partial charge in [0.1, 0.15) is 23.9 Å². The summed E-state index contributed by atoms with van der Waals surface area (Å²) in [7, 11) is 1.55. The van der Waals surface area contributed by atoms with Crippen LogP contribution in [-0.4, -0.2) is 12.2 Å². The van der Waals surface area contributed by atoms with E-state index in [0.717, 1.165) is 0 Å². The third-order valence-corrected chi connectivity index (χ3v) is 3.33. The Morgan fingerprint density at radius 2 is 1.95 bits per heavy atom. The molecule has 0 aliphatic heterocycles. The van der Waals surface area contributed by atoms with E-state index in [-0.39, 0.29) is 19.0 Å². The van der Waals surface area contributed by atoms with Gasteiger partial charge in [0, 0.05) is 15.6 Å². The lowest BCUT2D eigenvalue weighted by molar-refractivity contribution is 0.256. The lowest BCUT2D eigenvalue weighted by Gasteiger charge is -2.12. The molecule has 1 N–H and O–H groups in total. The Kier molecular flexibility index (Phi) is 4.98. The van der Waals surface area contributed by atoms with E-state index in [2.05, 4.69) is 15.9 Å². The summed E-state index contributed by atoms with van der Waals surface area (Å²) in [5.41, 5.74) is 1.05. The van der Waals surface area contributed by atoms with Crippen LogP contribution in [0.2, 0.25) is 0 Å². The van der Waals surface area contributed by atoms with Crippen molar-refractivity contribution in [3.63, 3.8) is 0 Å². The highest BCUT2D eigenvalue weighted by molar-refractivity contribution is 9.10. The van der Waals surface area contributed by atoms with E-state index < -0.39 is 0 Å². The van der Waals surface area contributed by atoms with Crippen LogP contribution >= 0.6 is 15.9 Å². The molecule has 2 rings (SSSR count). The van der Waals surface area contributed by atoms with Gasteiger partial charge in [-0.05, 0) is 30.3 Å². The van der Waals surface area contributed by atoms with Crippen LogP contribution < -0.4 is 9.47 Å². The summed E-state index contributed by atoms with van der Waals surface area (Å²) >= 11 is 3.20. The van der Waals surface area contributed by atoms with E-state index >= 15 is 0 Å². The van der Waals surface area contributed by atoms with E-state index in [4.69, 9.17) is 9.47 Å². The second kappa shape index (κ2) is 6.72. The Labute approximate surface area is 125 Å². The second-order valence-electron chi connectivity index (χ2n) is 4.16. The minimum atomic E-state index is -0.335.